The van der Waals surface area contributed by atoms with Crippen LogP contribution in [0.2, 0.25) is 0 Å². The standard InChI is InChI=1S/C8H16N4O2.C2H4O2/c1-5(2)9-11-7(8(13)14)12-10-6(3)4;1-2(3)4/h5-7H,1-4H3,(H,13,14);1H3,(H,3,4). The molecule has 0 aliphatic carbocycles. The third-order valence-electron chi connectivity index (χ3n) is 1.03. The lowest BCUT2D eigenvalue weighted by Crippen LogP contribution is -2.15. The van der Waals surface area contributed by atoms with E-state index in [9.17, 15) is 4.79 Å². The van der Waals surface area contributed by atoms with Crippen LogP contribution in [0.3, 0.4) is 0 Å². The average Bonchev–Trinajstić information content (AvgIpc) is 2.14. The molecule has 0 saturated heterocycles. The second-order valence-corrected chi connectivity index (χ2v) is 3.88. The molecule has 0 atom stereocenters. The molecule has 0 aromatic rings. The maximum atomic E-state index is 10.6. The fraction of sp³-hybridized carbons (Fsp3) is 0.800. The summed E-state index contributed by atoms with van der Waals surface area (Å²) in [6, 6.07) is -0.0720. The molecule has 8 heteroatoms. The Hall–Kier alpha value is -1.86. The van der Waals surface area contributed by atoms with Crippen molar-refractivity contribution in [2.24, 2.45) is 20.5 Å². The zero-order valence-corrected chi connectivity index (χ0v) is 11.2. The number of azo groups is 2. The quantitative estimate of drug-likeness (QED) is 0.735. The molecule has 0 unspecified atom stereocenters. The number of carboxylic acid groups (broad SMARTS) is 2. The largest absolute Gasteiger partial charge is 0.481 e. The monoisotopic (exact) mass is 260 g/mol. The van der Waals surface area contributed by atoms with Gasteiger partial charge in [-0.25, -0.2) is 4.79 Å². The van der Waals surface area contributed by atoms with E-state index < -0.39 is 18.1 Å². The second-order valence-electron chi connectivity index (χ2n) is 3.88. The van der Waals surface area contributed by atoms with Gasteiger partial charge in [-0.2, -0.15) is 20.5 Å². The molecule has 0 aliphatic heterocycles. The van der Waals surface area contributed by atoms with E-state index in [1.807, 2.05) is 27.7 Å². The zero-order valence-electron chi connectivity index (χ0n) is 11.2. The van der Waals surface area contributed by atoms with Crippen LogP contribution in [-0.2, 0) is 9.59 Å². The smallest absolute Gasteiger partial charge is 0.354 e. The van der Waals surface area contributed by atoms with Crippen LogP contribution in [0.4, 0.5) is 0 Å². The molecule has 0 spiro atoms. The van der Waals surface area contributed by atoms with Crippen molar-refractivity contribution < 1.29 is 19.8 Å². The van der Waals surface area contributed by atoms with Crippen molar-refractivity contribution >= 4 is 11.9 Å². The van der Waals surface area contributed by atoms with Gasteiger partial charge in [0.25, 0.3) is 12.1 Å². The molecule has 0 bridgehead atoms. The van der Waals surface area contributed by atoms with Gasteiger partial charge in [-0.1, -0.05) is 0 Å². The van der Waals surface area contributed by atoms with Crippen LogP contribution in [-0.4, -0.2) is 40.4 Å². The van der Waals surface area contributed by atoms with Crippen LogP contribution in [0.1, 0.15) is 34.6 Å². The van der Waals surface area contributed by atoms with Gasteiger partial charge in [0.05, 0.1) is 12.1 Å². The summed E-state index contributed by atoms with van der Waals surface area (Å²) in [5.74, 6) is -1.97. The lowest BCUT2D eigenvalue weighted by atomic mass is 10.4. The normalized spacial score (nSPS) is 12.8. The molecule has 0 radical (unpaired) electrons. The molecule has 0 saturated carbocycles. The number of carbonyl (C=O) groups is 2. The Morgan fingerprint density at radius 3 is 1.28 bits per heavy atom. The molecule has 0 rings (SSSR count). The lowest BCUT2D eigenvalue weighted by molar-refractivity contribution is -0.138. The first-order valence-corrected chi connectivity index (χ1v) is 5.39. The highest BCUT2D eigenvalue weighted by atomic mass is 16.4. The fourth-order valence-electron chi connectivity index (χ4n) is 0.515. The van der Waals surface area contributed by atoms with E-state index >= 15 is 0 Å². The van der Waals surface area contributed by atoms with Gasteiger partial charge in [-0.15, -0.1) is 0 Å². The highest BCUT2D eigenvalue weighted by Gasteiger charge is 2.14. The van der Waals surface area contributed by atoms with Gasteiger partial charge < -0.3 is 10.2 Å². The van der Waals surface area contributed by atoms with E-state index in [2.05, 4.69) is 20.5 Å². The predicted molar refractivity (Wildman–Crippen MR) is 64.7 cm³/mol. The summed E-state index contributed by atoms with van der Waals surface area (Å²) in [6.07, 6.45) is -1.21. The Kier molecular flexibility index (Phi) is 10.6. The molecule has 0 amide bonds. The fourth-order valence-corrected chi connectivity index (χ4v) is 0.515. The molecule has 0 aromatic carbocycles. The van der Waals surface area contributed by atoms with Crippen LogP contribution in [0, 0.1) is 0 Å². The number of rotatable bonds is 5. The van der Waals surface area contributed by atoms with Crippen LogP contribution >= 0.6 is 0 Å². The third kappa shape index (κ3) is 16.6. The summed E-state index contributed by atoms with van der Waals surface area (Å²) in [5, 5.41) is 30.7. The van der Waals surface area contributed by atoms with Gasteiger partial charge in [0, 0.05) is 6.92 Å². The van der Waals surface area contributed by atoms with Crippen molar-refractivity contribution in [1.29, 1.82) is 0 Å². The minimum Gasteiger partial charge on any atom is -0.481 e. The Bertz CT molecular complexity index is 291. The molecule has 104 valence electrons. The summed E-state index contributed by atoms with van der Waals surface area (Å²) >= 11 is 0. The molecular formula is C10H20N4O4. The highest BCUT2D eigenvalue weighted by Crippen LogP contribution is 2.00. The number of carboxylic acids is 2. The summed E-state index contributed by atoms with van der Waals surface area (Å²) < 4.78 is 0. The van der Waals surface area contributed by atoms with E-state index in [1.165, 1.54) is 0 Å². The molecule has 18 heavy (non-hydrogen) atoms. The SMILES string of the molecule is CC(=O)O.CC(C)N=NC(N=NC(C)C)C(=O)O. The summed E-state index contributed by atoms with van der Waals surface area (Å²) in [4.78, 5) is 19.6. The number of nitrogens with zero attached hydrogens (tertiary/aromatic N) is 4. The molecule has 0 aromatic heterocycles. The van der Waals surface area contributed by atoms with Crippen molar-refractivity contribution in [1.82, 2.24) is 0 Å². The minimum absolute atomic E-state index is 0.0360. The Morgan fingerprint density at radius 1 is 0.833 bits per heavy atom. The topological polar surface area (TPSA) is 124 Å². The van der Waals surface area contributed by atoms with Gasteiger partial charge in [-0.05, 0) is 27.7 Å². The van der Waals surface area contributed by atoms with Gasteiger partial charge in [0.1, 0.15) is 0 Å². The highest BCUT2D eigenvalue weighted by molar-refractivity contribution is 5.72. The van der Waals surface area contributed by atoms with Crippen LogP contribution < -0.4 is 0 Å². The molecule has 0 fully saturated rings. The summed E-state index contributed by atoms with van der Waals surface area (Å²) in [6.45, 7) is 8.31. The van der Waals surface area contributed by atoms with Crippen LogP contribution in [0.25, 0.3) is 0 Å². The van der Waals surface area contributed by atoms with Crippen molar-refractivity contribution in [3.8, 4) is 0 Å². The Balaban J connectivity index is 0. The van der Waals surface area contributed by atoms with Crippen LogP contribution in [0.15, 0.2) is 20.5 Å². The van der Waals surface area contributed by atoms with Crippen molar-refractivity contribution in [2.75, 3.05) is 0 Å². The summed E-state index contributed by atoms with van der Waals surface area (Å²) in [5.41, 5.74) is 0. The van der Waals surface area contributed by atoms with Gasteiger partial charge in [0.15, 0.2) is 0 Å². The zero-order chi connectivity index (χ0) is 14.7. The lowest BCUT2D eigenvalue weighted by Gasteiger charge is -2.00. The van der Waals surface area contributed by atoms with Gasteiger partial charge >= 0.3 is 5.97 Å². The van der Waals surface area contributed by atoms with Crippen molar-refractivity contribution in [3.63, 3.8) is 0 Å². The Morgan fingerprint density at radius 2 is 1.11 bits per heavy atom. The first-order valence-electron chi connectivity index (χ1n) is 5.39. The first-order chi connectivity index (χ1) is 8.16. The van der Waals surface area contributed by atoms with Crippen LogP contribution in [0.5, 0.6) is 0 Å². The number of aliphatic carboxylic acids is 2. The molecule has 8 nitrogen and oxygen atoms in total. The van der Waals surface area contributed by atoms with Crippen molar-refractivity contribution in [2.45, 2.75) is 52.9 Å². The molecular weight excluding hydrogens is 240 g/mol. The Labute approximate surface area is 106 Å². The van der Waals surface area contributed by atoms with E-state index in [0.29, 0.717) is 0 Å². The minimum atomic E-state index is -1.21. The average molecular weight is 260 g/mol. The van der Waals surface area contributed by atoms with Crippen molar-refractivity contribution in [3.05, 3.63) is 0 Å². The maximum absolute atomic E-state index is 10.6. The third-order valence-corrected chi connectivity index (χ3v) is 1.03. The predicted octanol–water partition coefficient (Wildman–Crippen LogP) is 2.21. The van der Waals surface area contributed by atoms with Gasteiger partial charge in [0.2, 0.25) is 0 Å². The van der Waals surface area contributed by atoms with E-state index in [0.717, 1.165) is 6.92 Å². The molecule has 2 N–H and O–H groups in total. The van der Waals surface area contributed by atoms with E-state index in [1.54, 1.807) is 0 Å². The first kappa shape index (κ1) is 18.5. The van der Waals surface area contributed by atoms with E-state index in [4.69, 9.17) is 15.0 Å². The number of hydrogen-bond donors (Lipinski definition) is 2. The number of hydrogen-bond acceptors (Lipinski definition) is 6. The second kappa shape index (κ2) is 10.3. The van der Waals surface area contributed by atoms with E-state index in [-0.39, 0.29) is 12.1 Å². The maximum Gasteiger partial charge on any atom is 0.354 e. The van der Waals surface area contributed by atoms with Gasteiger partial charge in [-0.3, -0.25) is 4.79 Å². The summed E-state index contributed by atoms with van der Waals surface area (Å²) in [7, 11) is 0. The molecule has 0 heterocycles. The molecule has 0 aliphatic rings.